The molecule has 1 N–H and O–H groups in total. The number of alkyl halides is 8. The Balaban J connectivity index is 1.39. The minimum Gasteiger partial charge on any atom is -0.406 e. The molecule has 1 atom stereocenters. The van der Waals surface area contributed by atoms with Gasteiger partial charge in [0.2, 0.25) is 15.9 Å². The number of ether oxygens (including phenoxy) is 3. The average Bonchev–Trinajstić information content (AvgIpc) is 3.42. The highest BCUT2D eigenvalue weighted by atomic mass is 32.2. The third-order valence-electron chi connectivity index (χ3n) is 6.50. The van der Waals surface area contributed by atoms with E-state index in [0.717, 1.165) is 52.0 Å². The maximum Gasteiger partial charge on any atom is 0.573 e. The fourth-order valence-corrected chi connectivity index (χ4v) is 6.97. The maximum absolute atomic E-state index is 13.7. The number of amides is 1. The van der Waals surface area contributed by atoms with Gasteiger partial charge in [-0.05, 0) is 42.0 Å². The van der Waals surface area contributed by atoms with Crippen LogP contribution in [0.3, 0.4) is 0 Å². The zero-order valence-electron chi connectivity index (χ0n) is 23.7. The number of hydrogen-bond donors (Lipinski definition) is 1. The van der Waals surface area contributed by atoms with Crippen molar-refractivity contribution in [3.63, 3.8) is 0 Å². The van der Waals surface area contributed by atoms with Crippen molar-refractivity contribution in [2.75, 3.05) is 24.5 Å². The van der Waals surface area contributed by atoms with Crippen LogP contribution in [-0.2, 0) is 21.4 Å². The van der Waals surface area contributed by atoms with Gasteiger partial charge < -0.3 is 24.4 Å². The predicted octanol–water partition coefficient (Wildman–Crippen LogP) is 4.68. The van der Waals surface area contributed by atoms with E-state index in [4.69, 9.17) is 0 Å². The molecular formula is C26H20F8N6O6S2. The number of nitrogens with zero attached hydrogens (tertiary/aromatic N) is 5. The smallest absolute Gasteiger partial charge is 0.406 e. The number of nitrogens with one attached hydrogen (secondary N) is 1. The summed E-state index contributed by atoms with van der Waals surface area (Å²) in [5.41, 5.74) is 0.336. The molecule has 0 spiro atoms. The number of piperazine rings is 1. The Morgan fingerprint density at radius 1 is 0.938 bits per heavy atom. The second-order valence-electron chi connectivity index (χ2n) is 9.72. The number of sulfonamides is 1. The Kier molecular flexibility index (Phi) is 9.78. The van der Waals surface area contributed by atoms with Crippen LogP contribution in [0.15, 0.2) is 59.6 Å². The summed E-state index contributed by atoms with van der Waals surface area (Å²) in [5, 5.41) is 2.78. The quantitative estimate of drug-likeness (QED) is 0.230. The third kappa shape index (κ3) is 8.66. The van der Waals surface area contributed by atoms with Crippen molar-refractivity contribution >= 4 is 42.7 Å². The Morgan fingerprint density at radius 2 is 1.54 bits per heavy atom. The van der Waals surface area contributed by atoms with E-state index in [1.807, 2.05) is 0 Å². The van der Waals surface area contributed by atoms with Crippen molar-refractivity contribution in [1.29, 1.82) is 0 Å². The first-order chi connectivity index (χ1) is 22.5. The van der Waals surface area contributed by atoms with Crippen molar-refractivity contribution < 1.29 is 62.5 Å². The molecule has 2 aromatic carbocycles. The van der Waals surface area contributed by atoms with Crippen LogP contribution in [0.5, 0.6) is 17.5 Å². The van der Waals surface area contributed by atoms with Crippen molar-refractivity contribution in [2.45, 2.75) is 36.8 Å². The summed E-state index contributed by atoms with van der Waals surface area (Å²) in [6.45, 7) is -4.07. The number of rotatable bonds is 10. The Bertz CT molecular complexity index is 1860. The summed E-state index contributed by atoms with van der Waals surface area (Å²) in [5.74, 6) is -2.00. The SMILES string of the molecule is O=C(NCc1ccc(OC(F)(F)F)cc1)[C@H]1CN(c2nc3nc(OC(F)F)ncc3s2)CCN1S(=O)(=O)c1ccc(OC(F)(F)F)cc1. The number of anilines is 1. The minimum absolute atomic E-state index is 0.00387. The van der Waals surface area contributed by atoms with Gasteiger partial charge in [0.25, 0.3) is 0 Å². The van der Waals surface area contributed by atoms with Gasteiger partial charge in [-0.25, -0.2) is 13.4 Å². The van der Waals surface area contributed by atoms with Crippen molar-refractivity contribution in [3.8, 4) is 17.5 Å². The highest BCUT2D eigenvalue weighted by Crippen LogP contribution is 2.32. The molecule has 1 saturated heterocycles. The maximum atomic E-state index is 13.7. The van der Waals surface area contributed by atoms with E-state index < -0.39 is 63.7 Å². The van der Waals surface area contributed by atoms with Crippen molar-refractivity contribution in [1.82, 2.24) is 24.6 Å². The molecular weight excluding hydrogens is 708 g/mol. The standard InChI is InChI=1S/C26H20F8N6O6S2/c27-22(28)44-23-36-12-19-20(37-23)38-24(47-19)39-9-10-40(48(42,43)17-7-5-16(6-8-17)46-26(32,33)34)18(13-39)21(41)35-11-14-1-3-15(4-2-14)45-25(29,30)31/h1-8,12,18,22H,9-11,13H2,(H,35,41)/t18-/m1/s1. The topological polar surface area (TPSA) is 136 Å². The first-order valence-electron chi connectivity index (χ1n) is 13.3. The largest absolute Gasteiger partial charge is 0.573 e. The molecule has 2 aromatic heterocycles. The van der Waals surface area contributed by atoms with Crippen molar-refractivity contribution in [2.24, 2.45) is 0 Å². The van der Waals surface area contributed by atoms with Gasteiger partial charge in [0.1, 0.15) is 17.5 Å². The van der Waals surface area contributed by atoms with Crippen LogP contribution >= 0.6 is 11.3 Å². The lowest BCUT2D eigenvalue weighted by molar-refractivity contribution is -0.275. The number of fused-ring (bicyclic) bond motifs is 1. The van der Waals surface area contributed by atoms with Gasteiger partial charge in [-0.1, -0.05) is 23.5 Å². The molecule has 0 radical (unpaired) electrons. The fraction of sp³-hybridized carbons (Fsp3) is 0.308. The van der Waals surface area contributed by atoms with E-state index in [0.29, 0.717) is 10.3 Å². The Labute approximate surface area is 268 Å². The first-order valence-corrected chi connectivity index (χ1v) is 15.6. The molecule has 3 heterocycles. The molecule has 0 aliphatic carbocycles. The molecule has 0 unspecified atom stereocenters. The second-order valence-corrected chi connectivity index (χ2v) is 12.6. The fourth-order valence-electron chi connectivity index (χ4n) is 4.49. The second kappa shape index (κ2) is 13.5. The number of benzene rings is 2. The number of carbonyl (C=O) groups is 1. The Hall–Kier alpha value is -4.57. The van der Waals surface area contributed by atoms with E-state index in [2.05, 4.69) is 34.5 Å². The number of hydrogen-bond acceptors (Lipinski definition) is 11. The van der Waals surface area contributed by atoms with Crippen LogP contribution in [0, 0.1) is 0 Å². The summed E-state index contributed by atoms with van der Waals surface area (Å²) in [4.78, 5) is 26.4. The van der Waals surface area contributed by atoms with Crippen LogP contribution in [0.25, 0.3) is 10.3 Å². The van der Waals surface area contributed by atoms with E-state index in [1.165, 1.54) is 18.3 Å². The lowest BCUT2D eigenvalue weighted by Crippen LogP contribution is -2.60. The zero-order valence-corrected chi connectivity index (χ0v) is 25.3. The highest BCUT2D eigenvalue weighted by Gasteiger charge is 2.41. The summed E-state index contributed by atoms with van der Waals surface area (Å²) in [7, 11) is -4.51. The predicted molar refractivity (Wildman–Crippen MR) is 150 cm³/mol. The van der Waals surface area contributed by atoms with Crippen LogP contribution in [0.4, 0.5) is 40.3 Å². The normalized spacial score (nSPS) is 16.3. The number of thiazole rings is 1. The van der Waals surface area contributed by atoms with Gasteiger partial charge in [0.05, 0.1) is 15.8 Å². The van der Waals surface area contributed by atoms with Crippen molar-refractivity contribution in [3.05, 3.63) is 60.3 Å². The molecule has 0 bridgehead atoms. The molecule has 5 rings (SSSR count). The first kappa shape index (κ1) is 34.8. The van der Waals surface area contributed by atoms with Gasteiger partial charge in [0.15, 0.2) is 10.8 Å². The van der Waals surface area contributed by atoms with Gasteiger partial charge in [-0.2, -0.15) is 23.1 Å². The lowest BCUT2D eigenvalue weighted by Gasteiger charge is -2.39. The molecule has 0 saturated carbocycles. The van der Waals surface area contributed by atoms with Crippen LogP contribution in [-0.4, -0.2) is 78.6 Å². The monoisotopic (exact) mass is 728 g/mol. The molecule has 1 amide bonds. The highest BCUT2D eigenvalue weighted by molar-refractivity contribution is 7.89. The van der Waals surface area contributed by atoms with Crippen LogP contribution < -0.4 is 24.4 Å². The van der Waals surface area contributed by atoms with Crippen LogP contribution in [0.1, 0.15) is 5.56 Å². The summed E-state index contributed by atoms with van der Waals surface area (Å²) < 4.78 is 141. The lowest BCUT2D eigenvalue weighted by atomic mass is 10.1. The van der Waals surface area contributed by atoms with E-state index in [9.17, 15) is 48.3 Å². The summed E-state index contributed by atoms with van der Waals surface area (Å²) >= 11 is 1.02. The van der Waals surface area contributed by atoms with Gasteiger partial charge in [0, 0.05) is 26.2 Å². The molecule has 22 heteroatoms. The van der Waals surface area contributed by atoms with Gasteiger partial charge >= 0.3 is 25.3 Å². The number of aromatic nitrogens is 3. The molecule has 48 heavy (non-hydrogen) atoms. The van der Waals surface area contributed by atoms with E-state index in [1.54, 1.807) is 4.90 Å². The molecule has 4 aromatic rings. The molecule has 1 fully saturated rings. The van der Waals surface area contributed by atoms with Gasteiger partial charge in [-0.3, -0.25) is 4.79 Å². The molecule has 258 valence electrons. The molecule has 1 aliphatic heterocycles. The molecule has 1 aliphatic rings. The number of halogens is 8. The van der Waals surface area contributed by atoms with E-state index in [-0.39, 0.29) is 37.0 Å². The van der Waals surface area contributed by atoms with Gasteiger partial charge in [-0.15, -0.1) is 26.3 Å². The third-order valence-corrected chi connectivity index (χ3v) is 9.47. The minimum atomic E-state index is -5.02. The Morgan fingerprint density at radius 3 is 2.12 bits per heavy atom. The summed E-state index contributed by atoms with van der Waals surface area (Å²) in [6.07, 6.45) is -8.74. The average molecular weight is 729 g/mol. The summed E-state index contributed by atoms with van der Waals surface area (Å²) in [6, 6.07) is 5.82. The van der Waals surface area contributed by atoms with Crippen LogP contribution in [0.2, 0.25) is 0 Å². The molecule has 12 nitrogen and oxygen atoms in total. The number of carbonyl (C=O) groups excluding carboxylic acids is 1. The zero-order chi connectivity index (χ0) is 34.9. The van der Waals surface area contributed by atoms with E-state index >= 15 is 0 Å².